The van der Waals surface area contributed by atoms with Gasteiger partial charge in [0.2, 0.25) is 0 Å². The summed E-state index contributed by atoms with van der Waals surface area (Å²) >= 11 is 0. The van der Waals surface area contributed by atoms with E-state index in [1.165, 1.54) is 17.7 Å². The van der Waals surface area contributed by atoms with Gasteiger partial charge in [0.15, 0.2) is 14.4 Å². The van der Waals surface area contributed by atoms with Gasteiger partial charge in [0.1, 0.15) is 0 Å². The molecule has 0 aliphatic carbocycles. The minimum Gasteiger partial charge on any atom is -0.399 e. The van der Waals surface area contributed by atoms with Gasteiger partial charge in [0, 0.05) is 19.3 Å². The fourth-order valence-corrected chi connectivity index (χ4v) is 3.39. The Kier molecular flexibility index (Phi) is 3.98. The molecule has 0 saturated carbocycles. The summed E-state index contributed by atoms with van der Waals surface area (Å²) in [6, 6.07) is 8.61. The monoisotopic (exact) mass is 274 g/mol. The molecule has 1 aliphatic heterocycles. The summed E-state index contributed by atoms with van der Waals surface area (Å²) in [5, 5.41) is 9.34. The van der Waals surface area contributed by atoms with Crippen molar-refractivity contribution in [3.8, 4) is 6.07 Å². The van der Waals surface area contributed by atoms with Gasteiger partial charge in [-0.1, -0.05) is 12.1 Å². The van der Waals surface area contributed by atoms with E-state index >= 15 is 0 Å². The Labute approximate surface area is 116 Å². The fraction of sp³-hybridized carbons (Fsp3) is 0.533. The number of rotatable bonds is 3. The Bertz CT molecular complexity index is 502. The van der Waals surface area contributed by atoms with E-state index < -0.39 is 14.4 Å². The van der Waals surface area contributed by atoms with Crippen molar-refractivity contribution < 1.29 is 4.43 Å². The predicted octanol–water partition coefficient (Wildman–Crippen LogP) is 3.49. The second-order valence-corrected chi connectivity index (χ2v) is 10.6. The molecule has 1 unspecified atom stereocenters. The van der Waals surface area contributed by atoms with Gasteiger partial charge in [-0.3, -0.25) is 0 Å². The van der Waals surface area contributed by atoms with E-state index in [1.807, 2.05) is 6.07 Å². The molecule has 0 N–H and O–H groups in total. The summed E-state index contributed by atoms with van der Waals surface area (Å²) in [5.41, 5.74) is 3.63. The van der Waals surface area contributed by atoms with Gasteiger partial charge < -0.3 is 9.33 Å². The molecule has 1 aromatic rings. The van der Waals surface area contributed by atoms with E-state index in [0.29, 0.717) is 0 Å². The first kappa shape index (κ1) is 14.1. The normalized spacial score (nSPS) is 16.7. The maximum Gasteiger partial charge on any atom is 0.186 e. The topological polar surface area (TPSA) is 36.3 Å². The highest BCUT2D eigenvalue weighted by Crippen LogP contribution is 2.30. The number of aryl methyl sites for hydroxylation is 1. The Morgan fingerprint density at radius 1 is 1.37 bits per heavy atom. The van der Waals surface area contributed by atoms with Crippen molar-refractivity contribution in [3.05, 3.63) is 29.3 Å². The van der Waals surface area contributed by atoms with Gasteiger partial charge >= 0.3 is 0 Å². The van der Waals surface area contributed by atoms with E-state index in [2.05, 4.69) is 49.8 Å². The Morgan fingerprint density at radius 3 is 2.74 bits per heavy atom. The predicted molar refractivity (Wildman–Crippen MR) is 80.8 cm³/mol. The molecule has 0 fully saturated rings. The molecule has 1 aromatic carbocycles. The minimum absolute atomic E-state index is 0.427. The van der Waals surface area contributed by atoms with Gasteiger partial charge in [-0.2, -0.15) is 5.26 Å². The SMILES string of the molecule is CN1CCCc2cc(C(C#N)O[Si](C)(C)C)ccc21. The van der Waals surface area contributed by atoms with Crippen LogP contribution in [0.15, 0.2) is 18.2 Å². The molecule has 0 saturated heterocycles. The molecule has 1 atom stereocenters. The molecule has 0 radical (unpaired) electrons. The first-order chi connectivity index (χ1) is 8.90. The Morgan fingerprint density at radius 2 is 2.11 bits per heavy atom. The van der Waals surface area contributed by atoms with Crippen molar-refractivity contribution in [1.29, 1.82) is 5.26 Å². The summed E-state index contributed by atoms with van der Waals surface area (Å²) in [7, 11) is 0.417. The lowest BCUT2D eigenvalue weighted by molar-refractivity contribution is 0.255. The van der Waals surface area contributed by atoms with Crippen LogP contribution in [0.5, 0.6) is 0 Å². The molecular weight excluding hydrogens is 252 g/mol. The number of nitrogens with zero attached hydrogens (tertiary/aromatic N) is 2. The van der Waals surface area contributed by atoms with Crippen LogP contribution in [0.3, 0.4) is 0 Å². The Hall–Kier alpha value is -1.31. The van der Waals surface area contributed by atoms with Crippen molar-refractivity contribution in [2.45, 2.75) is 38.6 Å². The van der Waals surface area contributed by atoms with Crippen LogP contribution in [0.4, 0.5) is 5.69 Å². The molecule has 0 bridgehead atoms. The number of hydrogen-bond donors (Lipinski definition) is 0. The third-order valence-electron chi connectivity index (χ3n) is 3.35. The van der Waals surface area contributed by atoms with Gasteiger partial charge in [0.05, 0.1) is 6.07 Å². The van der Waals surface area contributed by atoms with Crippen LogP contribution in [0.1, 0.15) is 23.7 Å². The standard InChI is InChI=1S/C15H22N2OSi/c1-17-9-5-6-12-10-13(7-8-14(12)17)15(11-16)18-19(2,3)4/h7-8,10,15H,5-6,9H2,1-4H3. The zero-order chi connectivity index (χ0) is 14.0. The fourth-order valence-electron chi connectivity index (χ4n) is 2.49. The summed E-state index contributed by atoms with van der Waals surface area (Å²) in [4.78, 5) is 2.28. The number of anilines is 1. The molecule has 3 nitrogen and oxygen atoms in total. The third kappa shape index (κ3) is 3.37. The van der Waals surface area contributed by atoms with Crippen molar-refractivity contribution >= 4 is 14.0 Å². The largest absolute Gasteiger partial charge is 0.399 e. The van der Waals surface area contributed by atoms with E-state index in [4.69, 9.17) is 4.43 Å². The Balaban J connectivity index is 2.28. The average Bonchev–Trinajstić information content (AvgIpc) is 2.35. The number of benzene rings is 1. The molecule has 2 rings (SSSR count). The van der Waals surface area contributed by atoms with Crippen molar-refractivity contribution in [3.63, 3.8) is 0 Å². The minimum atomic E-state index is -1.71. The van der Waals surface area contributed by atoms with E-state index in [0.717, 1.165) is 18.5 Å². The molecule has 102 valence electrons. The quantitative estimate of drug-likeness (QED) is 0.792. The van der Waals surface area contributed by atoms with Gasteiger partial charge in [-0.25, -0.2) is 0 Å². The maximum absolute atomic E-state index is 9.34. The van der Waals surface area contributed by atoms with Crippen LogP contribution >= 0.6 is 0 Å². The maximum atomic E-state index is 9.34. The second kappa shape index (κ2) is 5.36. The third-order valence-corrected chi connectivity index (χ3v) is 4.29. The molecule has 19 heavy (non-hydrogen) atoms. The first-order valence-electron chi connectivity index (χ1n) is 6.82. The van der Waals surface area contributed by atoms with Crippen molar-refractivity contribution in [2.75, 3.05) is 18.5 Å². The zero-order valence-electron chi connectivity index (χ0n) is 12.2. The highest BCUT2D eigenvalue weighted by Gasteiger charge is 2.23. The molecular formula is C15H22N2OSi. The smallest absolute Gasteiger partial charge is 0.186 e. The van der Waals surface area contributed by atoms with Gasteiger partial charge in [-0.15, -0.1) is 0 Å². The van der Waals surface area contributed by atoms with E-state index in [-0.39, 0.29) is 0 Å². The van der Waals surface area contributed by atoms with Crippen LogP contribution in [0.2, 0.25) is 19.6 Å². The molecule has 1 heterocycles. The number of nitriles is 1. The average molecular weight is 274 g/mol. The van der Waals surface area contributed by atoms with Crippen LogP contribution in [0.25, 0.3) is 0 Å². The lowest BCUT2D eigenvalue weighted by atomic mass is 9.98. The molecule has 1 aliphatic rings. The van der Waals surface area contributed by atoms with Crippen molar-refractivity contribution in [2.24, 2.45) is 0 Å². The molecule has 0 amide bonds. The summed E-state index contributed by atoms with van der Waals surface area (Å²) < 4.78 is 5.96. The highest BCUT2D eigenvalue weighted by molar-refractivity contribution is 6.69. The molecule has 4 heteroatoms. The molecule has 0 aromatic heterocycles. The van der Waals surface area contributed by atoms with Crippen LogP contribution in [0, 0.1) is 11.3 Å². The van der Waals surface area contributed by atoms with E-state index in [9.17, 15) is 5.26 Å². The van der Waals surface area contributed by atoms with Gasteiger partial charge in [0.25, 0.3) is 0 Å². The summed E-state index contributed by atoms with van der Waals surface area (Å²) in [5.74, 6) is 0. The zero-order valence-corrected chi connectivity index (χ0v) is 13.2. The van der Waals surface area contributed by atoms with Crippen LogP contribution in [-0.2, 0) is 10.8 Å². The van der Waals surface area contributed by atoms with Gasteiger partial charge in [-0.05, 0) is 49.7 Å². The summed E-state index contributed by atoms with van der Waals surface area (Å²) in [6.07, 6.45) is 1.85. The first-order valence-corrected chi connectivity index (χ1v) is 10.2. The van der Waals surface area contributed by atoms with Crippen molar-refractivity contribution in [1.82, 2.24) is 0 Å². The lowest BCUT2D eigenvalue weighted by Gasteiger charge is -2.29. The second-order valence-electron chi connectivity index (χ2n) is 6.15. The van der Waals surface area contributed by atoms with Crippen LogP contribution < -0.4 is 4.90 Å². The highest BCUT2D eigenvalue weighted by atomic mass is 28.4. The lowest BCUT2D eigenvalue weighted by Crippen LogP contribution is -2.28. The number of fused-ring (bicyclic) bond motifs is 1. The molecule has 0 spiro atoms. The van der Waals surface area contributed by atoms with Crippen LogP contribution in [-0.4, -0.2) is 21.9 Å². The number of hydrogen-bond acceptors (Lipinski definition) is 3. The van der Waals surface area contributed by atoms with E-state index in [1.54, 1.807) is 0 Å². The summed E-state index contributed by atoms with van der Waals surface area (Å²) in [6.45, 7) is 7.45.